The minimum Gasteiger partial charge on any atom is -0.464 e. The molecule has 0 amide bonds. The van der Waals surface area contributed by atoms with Crippen molar-refractivity contribution in [3.05, 3.63) is 24.0 Å². The summed E-state index contributed by atoms with van der Waals surface area (Å²) in [5.41, 5.74) is 0.644. The Kier molecular flexibility index (Phi) is 4.94. The number of esters is 1. The maximum Gasteiger partial charge on any atom is 0.389 e. The molecule has 1 N–H and O–H groups in total. The summed E-state index contributed by atoms with van der Waals surface area (Å²) >= 11 is 0. The summed E-state index contributed by atoms with van der Waals surface area (Å²) in [7, 11) is 1.23. The van der Waals surface area contributed by atoms with Gasteiger partial charge in [-0.1, -0.05) is 0 Å². The van der Waals surface area contributed by atoms with Crippen LogP contribution in [0, 0.1) is 0 Å². The van der Waals surface area contributed by atoms with Gasteiger partial charge in [0.25, 0.3) is 0 Å². The minimum absolute atomic E-state index is 0.0284. The molecule has 0 unspecified atom stereocenters. The zero-order valence-corrected chi connectivity index (χ0v) is 9.75. The van der Waals surface area contributed by atoms with Gasteiger partial charge in [0.1, 0.15) is 5.69 Å². The molecule has 0 aliphatic heterocycles. The van der Waals surface area contributed by atoms with E-state index >= 15 is 0 Å². The zero-order valence-electron chi connectivity index (χ0n) is 9.75. The summed E-state index contributed by atoms with van der Waals surface area (Å²) in [6.07, 6.45) is -3.62. The molecular weight excluding hydrogens is 249 g/mol. The second-order valence-corrected chi connectivity index (χ2v) is 3.57. The second kappa shape index (κ2) is 6.23. The number of methoxy groups -OCH3 is 1. The van der Waals surface area contributed by atoms with E-state index in [1.165, 1.54) is 19.4 Å². The number of rotatable bonds is 5. The second-order valence-electron chi connectivity index (χ2n) is 3.57. The lowest BCUT2D eigenvalue weighted by Crippen LogP contribution is -2.11. The van der Waals surface area contributed by atoms with E-state index < -0.39 is 18.6 Å². The van der Waals surface area contributed by atoms with Gasteiger partial charge < -0.3 is 10.1 Å². The van der Waals surface area contributed by atoms with Crippen LogP contribution in [-0.4, -0.2) is 30.8 Å². The highest BCUT2D eigenvalue weighted by Gasteiger charge is 2.25. The van der Waals surface area contributed by atoms with Crippen molar-refractivity contribution in [2.45, 2.75) is 19.0 Å². The number of hydrogen-bond acceptors (Lipinski definition) is 4. The largest absolute Gasteiger partial charge is 0.464 e. The molecule has 0 saturated heterocycles. The maximum absolute atomic E-state index is 11.9. The Morgan fingerprint density at radius 1 is 1.50 bits per heavy atom. The monoisotopic (exact) mass is 262 g/mol. The molecule has 0 aromatic carbocycles. The van der Waals surface area contributed by atoms with Crippen LogP contribution in [-0.2, 0) is 4.74 Å². The predicted molar refractivity (Wildman–Crippen MR) is 59.4 cm³/mol. The molecule has 0 bridgehead atoms. The average Bonchev–Trinajstić information content (AvgIpc) is 2.33. The third kappa shape index (κ3) is 5.03. The Morgan fingerprint density at radius 2 is 2.22 bits per heavy atom. The molecule has 0 saturated carbocycles. The van der Waals surface area contributed by atoms with Crippen LogP contribution in [0.4, 0.5) is 18.9 Å². The Bertz CT molecular complexity index is 408. The van der Waals surface area contributed by atoms with Crippen LogP contribution in [0.25, 0.3) is 0 Å². The van der Waals surface area contributed by atoms with Gasteiger partial charge in [-0.25, -0.2) is 9.78 Å². The van der Waals surface area contributed by atoms with Crippen molar-refractivity contribution in [2.24, 2.45) is 0 Å². The number of alkyl halides is 3. The topological polar surface area (TPSA) is 51.2 Å². The van der Waals surface area contributed by atoms with Crippen LogP contribution in [0.15, 0.2) is 18.3 Å². The standard InChI is InChI=1S/C11H13F3N2O2/c1-18-10(17)9-7-8(3-6-16-9)15-5-2-4-11(12,13)14/h3,6-7H,2,4-5H2,1H3,(H,15,16). The minimum atomic E-state index is -4.14. The summed E-state index contributed by atoms with van der Waals surface area (Å²) in [6, 6.07) is 3.00. The Hall–Kier alpha value is -1.79. The Balaban J connectivity index is 2.45. The number of halogens is 3. The molecule has 0 radical (unpaired) electrons. The van der Waals surface area contributed by atoms with E-state index in [4.69, 9.17) is 0 Å². The van der Waals surface area contributed by atoms with Crippen molar-refractivity contribution >= 4 is 11.7 Å². The summed E-state index contributed by atoms with van der Waals surface area (Å²) < 4.78 is 40.2. The van der Waals surface area contributed by atoms with Crippen LogP contribution < -0.4 is 5.32 Å². The molecule has 0 spiro atoms. The first-order valence-electron chi connectivity index (χ1n) is 5.27. The van der Waals surface area contributed by atoms with Crippen molar-refractivity contribution in [2.75, 3.05) is 19.0 Å². The van der Waals surface area contributed by atoms with Gasteiger partial charge in [0.05, 0.1) is 7.11 Å². The molecule has 0 aliphatic carbocycles. The maximum atomic E-state index is 11.9. The number of carbonyl (C=O) groups excluding carboxylic acids is 1. The third-order valence-corrected chi connectivity index (χ3v) is 2.12. The van der Waals surface area contributed by atoms with Crippen LogP contribution in [0.2, 0.25) is 0 Å². The fourth-order valence-corrected chi connectivity index (χ4v) is 1.28. The van der Waals surface area contributed by atoms with Crippen molar-refractivity contribution in [3.63, 3.8) is 0 Å². The quantitative estimate of drug-likeness (QED) is 0.654. The molecule has 0 fully saturated rings. The van der Waals surface area contributed by atoms with Crippen molar-refractivity contribution in [1.82, 2.24) is 4.98 Å². The Morgan fingerprint density at radius 3 is 2.83 bits per heavy atom. The number of aromatic nitrogens is 1. The highest BCUT2D eigenvalue weighted by Crippen LogP contribution is 2.21. The molecule has 7 heteroatoms. The number of nitrogens with one attached hydrogen (secondary N) is 1. The number of pyridine rings is 1. The van der Waals surface area contributed by atoms with E-state index in [-0.39, 0.29) is 18.7 Å². The van der Waals surface area contributed by atoms with Crippen LogP contribution >= 0.6 is 0 Å². The summed E-state index contributed by atoms with van der Waals surface area (Å²) in [5, 5.41) is 2.79. The van der Waals surface area contributed by atoms with Gasteiger partial charge in [0, 0.05) is 24.8 Å². The zero-order chi connectivity index (χ0) is 13.6. The SMILES string of the molecule is COC(=O)c1cc(NCCCC(F)(F)F)ccn1. The number of nitrogens with zero attached hydrogens (tertiary/aromatic N) is 1. The molecule has 1 rings (SSSR count). The molecule has 0 atom stereocenters. The highest BCUT2D eigenvalue weighted by atomic mass is 19.4. The van der Waals surface area contributed by atoms with Gasteiger partial charge in [0.15, 0.2) is 0 Å². The smallest absolute Gasteiger partial charge is 0.389 e. The van der Waals surface area contributed by atoms with Gasteiger partial charge >= 0.3 is 12.1 Å². The van der Waals surface area contributed by atoms with Crippen LogP contribution in [0.1, 0.15) is 23.3 Å². The van der Waals surface area contributed by atoms with E-state index in [9.17, 15) is 18.0 Å². The van der Waals surface area contributed by atoms with Gasteiger partial charge in [-0.15, -0.1) is 0 Å². The first-order valence-corrected chi connectivity index (χ1v) is 5.27. The van der Waals surface area contributed by atoms with Crippen LogP contribution in [0.3, 0.4) is 0 Å². The first kappa shape index (κ1) is 14.3. The average molecular weight is 262 g/mol. The number of hydrogen-bond donors (Lipinski definition) is 1. The fraction of sp³-hybridized carbons (Fsp3) is 0.455. The highest BCUT2D eigenvalue weighted by molar-refractivity contribution is 5.88. The van der Waals surface area contributed by atoms with Gasteiger partial charge in [-0.2, -0.15) is 13.2 Å². The Labute approximate surface area is 102 Å². The molecule has 0 aliphatic rings. The van der Waals surface area contributed by atoms with Crippen molar-refractivity contribution in [1.29, 1.82) is 0 Å². The van der Waals surface area contributed by atoms with Crippen LogP contribution in [0.5, 0.6) is 0 Å². The van der Waals surface area contributed by atoms with Crippen molar-refractivity contribution in [3.8, 4) is 0 Å². The summed E-state index contributed by atoms with van der Waals surface area (Å²) in [5.74, 6) is -0.589. The lowest BCUT2D eigenvalue weighted by Gasteiger charge is -2.08. The molecule has 18 heavy (non-hydrogen) atoms. The normalized spacial score (nSPS) is 11.1. The van der Waals surface area contributed by atoms with E-state index in [0.717, 1.165) is 0 Å². The molecule has 100 valence electrons. The van der Waals surface area contributed by atoms with E-state index in [1.807, 2.05) is 0 Å². The number of ether oxygens (including phenoxy) is 1. The van der Waals surface area contributed by atoms with Crippen molar-refractivity contribution < 1.29 is 22.7 Å². The number of anilines is 1. The fourth-order valence-electron chi connectivity index (χ4n) is 1.28. The lowest BCUT2D eigenvalue weighted by atomic mass is 10.2. The first-order chi connectivity index (χ1) is 8.42. The van der Waals surface area contributed by atoms with Gasteiger partial charge in [-0.3, -0.25) is 0 Å². The summed E-state index contributed by atoms with van der Waals surface area (Å²) in [4.78, 5) is 14.9. The molecule has 1 aromatic rings. The molecule has 1 heterocycles. The summed E-state index contributed by atoms with van der Waals surface area (Å²) in [6.45, 7) is 0.171. The molecule has 1 aromatic heterocycles. The predicted octanol–water partition coefficient (Wildman–Crippen LogP) is 2.62. The van der Waals surface area contributed by atoms with Gasteiger partial charge in [0.2, 0.25) is 0 Å². The molecule has 4 nitrogen and oxygen atoms in total. The third-order valence-electron chi connectivity index (χ3n) is 2.12. The van der Waals surface area contributed by atoms with E-state index in [1.54, 1.807) is 6.07 Å². The van der Waals surface area contributed by atoms with E-state index in [0.29, 0.717) is 5.69 Å². The van der Waals surface area contributed by atoms with Gasteiger partial charge in [-0.05, 0) is 18.6 Å². The lowest BCUT2D eigenvalue weighted by molar-refractivity contribution is -0.134. The number of carbonyl (C=O) groups is 1. The van der Waals surface area contributed by atoms with E-state index in [2.05, 4.69) is 15.0 Å². The molecular formula is C11H13F3N2O2.